The lowest BCUT2D eigenvalue weighted by Gasteiger charge is -2.13. The van der Waals surface area contributed by atoms with E-state index in [1.165, 1.54) is 17.5 Å². The van der Waals surface area contributed by atoms with Crippen molar-refractivity contribution in [1.29, 1.82) is 0 Å². The number of aliphatic carboxylic acids is 1. The van der Waals surface area contributed by atoms with Crippen molar-refractivity contribution in [2.24, 2.45) is 0 Å². The molecule has 2 heterocycles. The first-order valence-electron chi connectivity index (χ1n) is 8.61. The second kappa shape index (κ2) is 8.87. The smallest absolute Gasteiger partial charge is 0.416 e. The number of carboxylic acid groups (broad SMARTS) is 1. The lowest BCUT2D eigenvalue weighted by atomic mass is 10.0. The predicted octanol–water partition coefficient (Wildman–Crippen LogP) is 6.13. The van der Waals surface area contributed by atoms with Crippen LogP contribution < -0.4 is 0 Å². The van der Waals surface area contributed by atoms with E-state index in [9.17, 15) is 35.9 Å². The molecule has 13 heteroatoms. The molecule has 0 unspecified atom stereocenters. The Morgan fingerprint density at radius 3 is 2.16 bits per heavy atom. The van der Waals surface area contributed by atoms with Crippen molar-refractivity contribution in [3.8, 4) is 11.1 Å². The Balaban J connectivity index is 1.92. The first-order chi connectivity index (χ1) is 14.8. The molecule has 1 aliphatic rings. The van der Waals surface area contributed by atoms with Gasteiger partial charge in [0.15, 0.2) is 0 Å². The van der Waals surface area contributed by atoms with E-state index in [0.717, 1.165) is 28.0 Å². The van der Waals surface area contributed by atoms with E-state index in [4.69, 9.17) is 17.3 Å². The van der Waals surface area contributed by atoms with E-state index >= 15 is 0 Å². The summed E-state index contributed by atoms with van der Waals surface area (Å²) in [5, 5.41) is 10.1. The van der Waals surface area contributed by atoms with Crippen molar-refractivity contribution in [3.05, 3.63) is 50.6 Å². The van der Waals surface area contributed by atoms with E-state index in [-0.39, 0.29) is 39.4 Å². The van der Waals surface area contributed by atoms with E-state index < -0.39 is 35.4 Å². The Morgan fingerprint density at radius 1 is 1.03 bits per heavy atom. The summed E-state index contributed by atoms with van der Waals surface area (Å²) in [6.45, 7) is -0.114. The van der Waals surface area contributed by atoms with Crippen LogP contribution in [0.25, 0.3) is 17.2 Å². The summed E-state index contributed by atoms with van der Waals surface area (Å²) >= 11 is 7.02. The molecule has 0 aliphatic carbocycles. The molecule has 1 fully saturated rings. The van der Waals surface area contributed by atoms with Gasteiger partial charge in [0.05, 0.1) is 22.5 Å². The molecular formula is C19H11F6NO3S3. The Morgan fingerprint density at radius 2 is 1.62 bits per heavy atom. The largest absolute Gasteiger partial charge is 0.481 e. The van der Waals surface area contributed by atoms with Gasteiger partial charge < -0.3 is 5.11 Å². The maximum atomic E-state index is 13.1. The molecule has 32 heavy (non-hydrogen) atoms. The van der Waals surface area contributed by atoms with Gasteiger partial charge >= 0.3 is 18.3 Å². The fourth-order valence-electron chi connectivity index (χ4n) is 2.73. The van der Waals surface area contributed by atoms with E-state index in [0.29, 0.717) is 17.0 Å². The summed E-state index contributed by atoms with van der Waals surface area (Å²) in [6.07, 6.45) is -8.82. The molecule has 0 bridgehead atoms. The summed E-state index contributed by atoms with van der Waals surface area (Å²) in [6, 6.07) is 2.68. The highest BCUT2D eigenvalue weighted by Crippen LogP contribution is 2.40. The highest BCUT2D eigenvalue weighted by atomic mass is 32.2. The Kier molecular flexibility index (Phi) is 6.72. The van der Waals surface area contributed by atoms with Crippen molar-refractivity contribution >= 4 is 57.6 Å². The summed E-state index contributed by atoms with van der Waals surface area (Å²) in [5.41, 5.74) is -2.99. The zero-order chi connectivity index (χ0) is 23.8. The van der Waals surface area contributed by atoms with Gasteiger partial charge in [-0.25, -0.2) is 0 Å². The summed E-state index contributed by atoms with van der Waals surface area (Å²) < 4.78 is 78.7. The Hall–Kier alpha value is -2.38. The lowest BCUT2D eigenvalue weighted by Crippen LogP contribution is -2.30. The average Bonchev–Trinajstić information content (AvgIpc) is 3.23. The molecule has 4 nitrogen and oxygen atoms in total. The quantitative estimate of drug-likeness (QED) is 0.297. The molecule has 0 atom stereocenters. The van der Waals surface area contributed by atoms with Crippen LogP contribution in [0.5, 0.6) is 0 Å². The summed E-state index contributed by atoms with van der Waals surface area (Å²) in [5.74, 6) is -1.63. The minimum atomic E-state index is -4.96. The van der Waals surface area contributed by atoms with E-state index in [1.54, 1.807) is 0 Å². The fraction of sp³-hybridized carbons (Fsp3) is 0.211. The number of hydrogen-bond acceptors (Lipinski definition) is 5. The van der Waals surface area contributed by atoms with Crippen LogP contribution in [-0.4, -0.2) is 32.7 Å². The molecule has 1 saturated heterocycles. The molecule has 1 aromatic carbocycles. The molecule has 3 rings (SSSR count). The SMILES string of the molecule is O=C(O)CCN1C(=O)C(=Cc2cc(-c3cc(C(F)(F)F)cc(C(F)(F)F)c3)cs2)SC1=S. The third-order valence-electron chi connectivity index (χ3n) is 4.24. The number of hydrogen-bond donors (Lipinski definition) is 1. The van der Waals surface area contributed by atoms with Gasteiger partial charge in [0, 0.05) is 11.4 Å². The van der Waals surface area contributed by atoms with Crippen LogP contribution in [-0.2, 0) is 21.9 Å². The summed E-state index contributed by atoms with van der Waals surface area (Å²) in [7, 11) is 0. The van der Waals surface area contributed by atoms with Gasteiger partial charge in [-0.2, -0.15) is 26.3 Å². The third-order valence-corrected chi connectivity index (χ3v) is 6.49. The number of thiocarbonyl (C=S) groups is 1. The number of carboxylic acids is 1. The average molecular weight is 511 g/mol. The lowest BCUT2D eigenvalue weighted by molar-refractivity contribution is -0.143. The molecule has 1 N–H and O–H groups in total. The van der Waals surface area contributed by atoms with Gasteiger partial charge in [-0.3, -0.25) is 14.5 Å². The minimum absolute atomic E-state index is 0.0548. The van der Waals surface area contributed by atoms with Gasteiger partial charge in [-0.1, -0.05) is 24.0 Å². The van der Waals surface area contributed by atoms with E-state index in [1.807, 2.05) is 0 Å². The number of nitrogens with zero attached hydrogens (tertiary/aromatic N) is 1. The van der Waals surface area contributed by atoms with Crippen LogP contribution in [0.2, 0.25) is 0 Å². The van der Waals surface area contributed by atoms with Gasteiger partial charge in [0.25, 0.3) is 5.91 Å². The number of alkyl halides is 6. The zero-order valence-corrected chi connectivity index (χ0v) is 18.0. The number of carbonyl (C=O) groups is 2. The van der Waals surface area contributed by atoms with Gasteiger partial charge in [0.1, 0.15) is 4.32 Å². The third kappa shape index (κ3) is 5.51. The summed E-state index contributed by atoms with van der Waals surface area (Å²) in [4.78, 5) is 24.8. The van der Waals surface area contributed by atoms with Crippen molar-refractivity contribution in [2.45, 2.75) is 18.8 Å². The number of rotatable bonds is 5. The second-order valence-corrected chi connectivity index (χ2v) is 9.13. The number of carbonyl (C=O) groups excluding carboxylic acids is 1. The second-order valence-electron chi connectivity index (χ2n) is 6.51. The Bertz CT molecular complexity index is 1090. The van der Waals surface area contributed by atoms with Gasteiger partial charge in [0.2, 0.25) is 0 Å². The van der Waals surface area contributed by atoms with Gasteiger partial charge in [-0.05, 0) is 46.8 Å². The van der Waals surface area contributed by atoms with Crippen molar-refractivity contribution in [3.63, 3.8) is 0 Å². The predicted molar refractivity (Wildman–Crippen MR) is 112 cm³/mol. The molecule has 0 radical (unpaired) electrons. The minimum Gasteiger partial charge on any atom is -0.481 e. The highest BCUT2D eigenvalue weighted by Gasteiger charge is 2.37. The molecule has 1 aromatic heterocycles. The van der Waals surface area contributed by atoms with E-state index in [2.05, 4.69) is 0 Å². The van der Waals surface area contributed by atoms with Crippen LogP contribution in [0.3, 0.4) is 0 Å². The fourth-order valence-corrected chi connectivity index (χ4v) is 4.95. The van der Waals surface area contributed by atoms with Crippen molar-refractivity contribution in [2.75, 3.05) is 6.54 Å². The number of amides is 1. The number of halogens is 6. The molecule has 1 amide bonds. The molecular weight excluding hydrogens is 500 g/mol. The van der Waals surface area contributed by atoms with Crippen LogP contribution in [0.15, 0.2) is 34.6 Å². The first kappa shape index (κ1) is 24.3. The molecule has 0 saturated carbocycles. The van der Waals surface area contributed by atoms with Gasteiger partial charge in [-0.15, -0.1) is 11.3 Å². The molecule has 2 aromatic rings. The van der Waals surface area contributed by atoms with Crippen LogP contribution in [0, 0.1) is 0 Å². The maximum absolute atomic E-state index is 13.1. The van der Waals surface area contributed by atoms with Crippen molar-refractivity contribution in [1.82, 2.24) is 4.90 Å². The number of benzene rings is 1. The molecule has 0 spiro atoms. The number of thioether (sulfide) groups is 1. The zero-order valence-electron chi connectivity index (χ0n) is 15.6. The van der Waals surface area contributed by atoms with Crippen molar-refractivity contribution < 1.29 is 41.0 Å². The molecule has 1 aliphatic heterocycles. The maximum Gasteiger partial charge on any atom is 0.416 e. The highest BCUT2D eigenvalue weighted by molar-refractivity contribution is 8.26. The first-order valence-corrected chi connectivity index (χ1v) is 10.7. The van der Waals surface area contributed by atoms with Crippen LogP contribution in [0.4, 0.5) is 26.3 Å². The van der Waals surface area contributed by atoms with Crippen LogP contribution >= 0.6 is 35.3 Å². The monoisotopic (exact) mass is 511 g/mol. The number of thiophene rings is 1. The normalized spacial score (nSPS) is 16.3. The molecule has 170 valence electrons. The topological polar surface area (TPSA) is 57.6 Å². The standard InChI is InChI=1S/C19H11F6NO3S3/c20-18(21,22)11-3-9(4-12(6-11)19(23,24)25)10-5-13(31-8-10)7-14-16(29)26(17(30)32-14)2-1-15(27)28/h3-8H,1-2H2,(H,27,28). The Labute approximate surface area is 190 Å². The van der Waals surface area contributed by atoms with Crippen LogP contribution in [0.1, 0.15) is 22.4 Å².